The summed E-state index contributed by atoms with van der Waals surface area (Å²) in [5.74, 6) is 1.27. The molecule has 2 N–H and O–H groups in total. The molecule has 0 unspecified atom stereocenters. The average Bonchev–Trinajstić information content (AvgIpc) is 3.27. The third-order valence-corrected chi connectivity index (χ3v) is 5.56. The van der Waals surface area contributed by atoms with E-state index in [-0.39, 0.29) is 6.10 Å². The first kappa shape index (κ1) is 20.2. The van der Waals surface area contributed by atoms with Gasteiger partial charge in [0.2, 0.25) is 5.95 Å². The summed E-state index contributed by atoms with van der Waals surface area (Å²) in [5.41, 5.74) is 0. The Hall–Kier alpha value is -2.08. The van der Waals surface area contributed by atoms with Gasteiger partial charge in [0.1, 0.15) is 10.8 Å². The lowest BCUT2D eigenvalue weighted by Gasteiger charge is -2.28. The first-order valence-electron chi connectivity index (χ1n) is 9.59. The Morgan fingerprint density at radius 2 is 2.03 bits per heavy atom. The van der Waals surface area contributed by atoms with Crippen LogP contribution >= 0.6 is 24.0 Å². The molecular formula is C18H23N7O2S2. The van der Waals surface area contributed by atoms with E-state index < -0.39 is 0 Å². The van der Waals surface area contributed by atoms with Crippen LogP contribution in [0.15, 0.2) is 34.7 Å². The standard InChI is InChI=1S/C18H23N7O2S2/c28-17(21-12-13-3-1-8-27-13)24-16-22-14(25-6-9-26-10-7-25)11-15(23-16)29-18-19-4-2-5-20-18/h2,4-5,11,13H,1,3,6-10,12H2,(H2,21,22,23,24,28)/t13-/m0/s1. The second-order valence-electron chi connectivity index (χ2n) is 6.59. The summed E-state index contributed by atoms with van der Waals surface area (Å²) in [6.07, 6.45) is 5.78. The van der Waals surface area contributed by atoms with Gasteiger partial charge in [-0.15, -0.1) is 0 Å². The van der Waals surface area contributed by atoms with Gasteiger partial charge < -0.3 is 25.0 Å². The number of nitrogens with one attached hydrogen (secondary N) is 2. The minimum atomic E-state index is 0.205. The molecule has 0 spiro atoms. The quantitative estimate of drug-likeness (QED) is 0.396. The number of rotatable bonds is 6. The zero-order valence-electron chi connectivity index (χ0n) is 15.9. The van der Waals surface area contributed by atoms with Crippen molar-refractivity contribution in [1.82, 2.24) is 25.3 Å². The van der Waals surface area contributed by atoms with Crippen LogP contribution in [-0.4, -0.2) is 70.6 Å². The Morgan fingerprint density at radius 1 is 1.21 bits per heavy atom. The van der Waals surface area contributed by atoms with E-state index in [0.717, 1.165) is 43.4 Å². The zero-order valence-corrected chi connectivity index (χ0v) is 17.5. The number of anilines is 2. The van der Waals surface area contributed by atoms with E-state index in [2.05, 4.69) is 35.5 Å². The summed E-state index contributed by atoms with van der Waals surface area (Å²) in [7, 11) is 0. The van der Waals surface area contributed by atoms with E-state index in [4.69, 9.17) is 21.7 Å². The SMILES string of the molecule is S=C(NC[C@@H]1CCCO1)Nc1nc(Sc2ncccn2)cc(N2CCOCC2)n1. The van der Waals surface area contributed by atoms with E-state index in [1.165, 1.54) is 11.8 Å². The van der Waals surface area contributed by atoms with Gasteiger partial charge in [-0.2, -0.15) is 4.98 Å². The van der Waals surface area contributed by atoms with Gasteiger partial charge >= 0.3 is 0 Å². The predicted octanol–water partition coefficient (Wildman–Crippen LogP) is 1.72. The first-order chi connectivity index (χ1) is 14.3. The molecule has 2 saturated heterocycles. The summed E-state index contributed by atoms with van der Waals surface area (Å²) >= 11 is 6.81. The van der Waals surface area contributed by atoms with Crippen molar-refractivity contribution in [3.05, 3.63) is 24.5 Å². The van der Waals surface area contributed by atoms with Crippen LogP contribution < -0.4 is 15.5 Å². The fraction of sp³-hybridized carbons (Fsp3) is 0.500. The molecule has 11 heteroatoms. The molecule has 29 heavy (non-hydrogen) atoms. The van der Waals surface area contributed by atoms with Gasteiger partial charge in [-0.25, -0.2) is 15.0 Å². The predicted molar refractivity (Wildman–Crippen MR) is 114 cm³/mol. The number of thiocarbonyl (C=S) groups is 1. The smallest absolute Gasteiger partial charge is 0.232 e. The van der Waals surface area contributed by atoms with E-state index in [1.54, 1.807) is 18.5 Å². The summed E-state index contributed by atoms with van der Waals surface area (Å²) in [6.45, 7) is 4.42. The van der Waals surface area contributed by atoms with Crippen molar-refractivity contribution >= 4 is 40.9 Å². The van der Waals surface area contributed by atoms with Gasteiger partial charge in [0.05, 0.1) is 19.3 Å². The van der Waals surface area contributed by atoms with Crippen molar-refractivity contribution in [2.75, 3.05) is 49.7 Å². The van der Waals surface area contributed by atoms with Gasteiger partial charge in [0.15, 0.2) is 10.3 Å². The minimum absolute atomic E-state index is 0.205. The molecule has 9 nitrogen and oxygen atoms in total. The molecule has 0 radical (unpaired) electrons. The van der Waals surface area contributed by atoms with E-state index in [9.17, 15) is 0 Å². The van der Waals surface area contributed by atoms with Crippen LogP contribution in [0.25, 0.3) is 0 Å². The molecule has 2 aromatic rings. The number of nitrogens with zero attached hydrogens (tertiary/aromatic N) is 5. The van der Waals surface area contributed by atoms with Gasteiger partial charge in [-0.1, -0.05) is 0 Å². The molecule has 2 aliphatic heterocycles. The van der Waals surface area contributed by atoms with E-state index in [1.807, 2.05) is 6.07 Å². The maximum absolute atomic E-state index is 5.62. The Balaban J connectivity index is 1.47. The normalized spacial score (nSPS) is 19.2. The largest absolute Gasteiger partial charge is 0.378 e. The topological polar surface area (TPSA) is 97.3 Å². The van der Waals surface area contributed by atoms with E-state index in [0.29, 0.717) is 36.0 Å². The average molecular weight is 434 g/mol. The molecule has 0 aliphatic carbocycles. The number of morpholine rings is 1. The fourth-order valence-electron chi connectivity index (χ4n) is 3.06. The van der Waals surface area contributed by atoms with Crippen molar-refractivity contribution in [3.63, 3.8) is 0 Å². The third kappa shape index (κ3) is 5.95. The highest BCUT2D eigenvalue weighted by Gasteiger charge is 2.18. The Kier molecular flexibility index (Phi) is 7.04. The van der Waals surface area contributed by atoms with Gasteiger partial charge in [0.25, 0.3) is 0 Å². The number of hydrogen-bond donors (Lipinski definition) is 2. The molecule has 0 aromatic carbocycles. The van der Waals surface area contributed by atoms with Crippen LogP contribution in [0.3, 0.4) is 0 Å². The van der Waals surface area contributed by atoms with Gasteiger partial charge in [-0.05, 0) is 42.9 Å². The van der Waals surface area contributed by atoms with Crippen molar-refractivity contribution in [2.24, 2.45) is 0 Å². The summed E-state index contributed by atoms with van der Waals surface area (Å²) in [6, 6.07) is 3.73. The van der Waals surface area contributed by atoms with Crippen LogP contribution in [0, 0.1) is 0 Å². The summed E-state index contributed by atoms with van der Waals surface area (Å²) < 4.78 is 11.1. The van der Waals surface area contributed by atoms with Crippen molar-refractivity contribution in [1.29, 1.82) is 0 Å². The number of hydrogen-bond acceptors (Lipinski definition) is 9. The second-order valence-corrected chi connectivity index (χ2v) is 7.99. The molecule has 4 heterocycles. The Bertz CT molecular complexity index is 815. The number of ether oxygens (including phenoxy) is 2. The molecule has 2 fully saturated rings. The molecule has 0 bridgehead atoms. The lowest BCUT2D eigenvalue weighted by Crippen LogP contribution is -2.37. The molecule has 4 rings (SSSR count). The highest BCUT2D eigenvalue weighted by atomic mass is 32.2. The Morgan fingerprint density at radius 3 is 2.79 bits per heavy atom. The third-order valence-electron chi connectivity index (χ3n) is 4.50. The minimum Gasteiger partial charge on any atom is -0.378 e. The number of aromatic nitrogens is 4. The zero-order chi connectivity index (χ0) is 19.9. The van der Waals surface area contributed by atoms with Crippen LogP contribution in [0.2, 0.25) is 0 Å². The molecular weight excluding hydrogens is 410 g/mol. The lowest BCUT2D eigenvalue weighted by atomic mass is 10.2. The van der Waals surface area contributed by atoms with Crippen molar-refractivity contribution < 1.29 is 9.47 Å². The van der Waals surface area contributed by atoms with Crippen LogP contribution in [0.5, 0.6) is 0 Å². The molecule has 2 aliphatic rings. The van der Waals surface area contributed by atoms with Crippen LogP contribution in [0.1, 0.15) is 12.8 Å². The molecule has 1 atom stereocenters. The molecule has 0 saturated carbocycles. The van der Waals surface area contributed by atoms with Gasteiger partial charge in [0, 0.05) is 44.7 Å². The molecule has 0 amide bonds. The lowest BCUT2D eigenvalue weighted by molar-refractivity contribution is 0.114. The van der Waals surface area contributed by atoms with Crippen molar-refractivity contribution in [2.45, 2.75) is 29.1 Å². The highest BCUT2D eigenvalue weighted by Crippen LogP contribution is 2.27. The highest BCUT2D eigenvalue weighted by molar-refractivity contribution is 7.99. The second kappa shape index (κ2) is 10.1. The van der Waals surface area contributed by atoms with Gasteiger partial charge in [-0.3, -0.25) is 0 Å². The summed E-state index contributed by atoms with van der Waals surface area (Å²) in [5, 5.41) is 8.15. The van der Waals surface area contributed by atoms with Crippen LogP contribution in [0.4, 0.5) is 11.8 Å². The maximum Gasteiger partial charge on any atom is 0.232 e. The maximum atomic E-state index is 5.62. The van der Waals surface area contributed by atoms with Crippen molar-refractivity contribution in [3.8, 4) is 0 Å². The van der Waals surface area contributed by atoms with Crippen LogP contribution in [-0.2, 0) is 9.47 Å². The monoisotopic (exact) mass is 433 g/mol. The fourth-order valence-corrected chi connectivity index (χ4v) is 3.95. The summed E-state index contributed by atoms with van der Waals surface area (Å²) in [4.78, 5) is 19.9. The molecule has 154 valence electrons. The Labute approximate surface area is 179 Å². The first-order valence-corrected chi connectivity index (χ1v) is 10.8. The van der Waals surface area contributed by atoms with E-state index >= 15 is 0 Å². The molecule has 2 aromatic heterocycles.